The summed E-state index contributed by atoms with van der Waals surface area (Å²) in [5.41, 5.74) is -3.30. The fraction of sp³-hybridized carbons (Fsp3) is 0.977. The zero-order valence-electron chi connectivity index (χ0n) is 35.5. The van der Waals surface area contributed by atoms with Gasteiger partial charge in [-0.05, 0) is 117 Å². The van der Waals surface area contributed by atoms with Gasteiger partial charge in [0.2, 0.25) is 0 Å². The summed E-state index contributed by atoms with van der Waals surface area (Å²) in [6, 6.07) is 0. The zero-order chi connectivity index (χ0) is 42.3. The lowest BCUT2D eigenvalue weighted by molar-refractivity contribution is -0.339. The molecule has 0 bridgehead atoms. The van der Waals surface area contributed by atoms with Crippen LogP contribution in [0.4, 0.5) is 0 Å². The third-order valence-corrected chi connectivity index (χ3v) is 17.9. The first-order valence-corrected chi connectivity index (χ1v) is 21.8. The Kier molecular flexibility index (Phi) is 10.7. The van der Waals surface area contributed by atoms with E-state index in [1.54, 1.807) is 13.8 Å². The van der Waals surface area contributed by atoms with Crippen molar-refractivity contribution >= 4 is 5.97 Å². The minimum atomic E-state index is -1.62. The number of carbonyl (C=O) groups excluding carboxylic acids is 1. The molecule has 15 unspecified atom stereocenters. The maximum atomic E-state index is 12.2. The molecule has 8 fully saturated rings. The van der Waals surface area contributed by atoms with Gasteiger partial charge in [0.25, 0.3) is 0 Å². The van der Waals surface area contributed by atoms with Crippen molar-refractivity contribution in [3.05, 3.63) is 0 Å². The molecule has 8 rings (SSSR count). The summed E-state index contributed by atoms with van der Waals surface area (Å²) in [6.07, 6.45) is -7.63. The Bertz CT molecular complexity index is 1570. The molecule has 5 aliphatic carbocycles. The number of hydrogen-bond acceptors (Lipinski definition) is 15. The molecule has 8 aliphatic rings. The minimum absolute atomic E-state index is 0.0855. The van der Waals surface area contributed by atoms with E-state index in [4.69, 9.17) is 28.4 Å². The molecule has 15 heteroatoms. The molecule has 21 atom stereocenters. The predicted molar refractivity (Wildman–Crippen MR) is 203 cm³/mol. The number of rotatable bonds is 8. The normalized spacial score (nSPS) is 56.1. The van der Waals surface area contributed by atoms with Gasteiger partial charge in [-0.1, -0.05) is 27.7 Å². The lowest BCUT2D eigenvalue weighted by Crippen LogP contribution is -2.65. The van der Waals surface area contributed by atoms with Gasteiger partial charge in [-0.15, -0.1) is 0 Å². The van der Waals surface area contributed by atoms with Gasteiger partial charge < -0.3 is 69.3 Å². The molecule has 58 heavy (non-hydrogen) atoms. The van der Waals surface area contributed by atoms with Crippen LogP contribution in [0.3, 0.4) is 0 Å². The molecule has 15 nitrogen and oxygen atoms in total. The average molecular weight is 827 g/mol. The van der Waals surface area contributed by atoms with Crippen LogP contribution in [0.1, 0.15) is 113 Å². The third kappa shape index (κ3) is 6.17. The molecular formula is C43H70O15. The molecule has 2 spiro atoms. The van der Waals surface area contributed by atoms with Crippen LogP contribution in [-0.2, 0) is 33.2 Å². The zero-order valence-corrected chi connectivity index (χ0v) is 35.5. The van der Waals surface area contributed by atoms with Gasteiger partial charge in [0, 0.05) is 12.8 Å². The van der Waals surface area contributed by atoms with Crippen LogP contribution >= 0.6 is 0 Å². The lowest BCUT2D eigenvalue weighted by atomic mass is 9.41. The number of hydrogen-bond donors (Lipinski definition) is 8. The quantitative estimate of drug-likeness (QED) is 0.127. The first-order chi connectivity index (χ1) is 26.9. The molecule has 3 heterocycles. The van der Waals surface area contributed by atoms with Crippen molar-refractivity contribution in [1.82, 2.24) is 0 Å². The van der Waals surface area contributed by atoms with Gasteiger partial charge in [0.15, 0.2) is 18.7 Å². The number of esters is 1. The second-order valence-corrected chi connectivity index (χ2v) is 21.6. The Balaban J connectivity index is 1.14. The van der Waals surface area contributed by atoms with Crippen LogP contribution in [0.2, 0.25) is 0 Å². The maximum absolute atomic E-state index is 12.2. The summed E-state index contributed by atoms with van der Waals surface area (Å²) in [4.78, 5) is 11.9. The van der Waals surface area contributed by atoms with Crippen molar-refractivity contribution in [3.8, 4) is 0 Å². The van der Waals surface area contributed by atoms with Gasteiger partial charge in [-0.25, -0.2) is 0 Å². The van der Waals surface area contributed by atoms with Crippen LogP contribution in [0.15, 0.2) is 0 Å². The van der Waals surface area contributed by atoms with Crippen molar-refractivity contribution in [2.45, 2.75) is 204 Å². The fourth-order valence-corrected chi connectivity index (χ4v) is 15.2. The maximum Gasteiger partial charge on any atom is 0.303 e. The highest BCUT2D eigenvalue weighted by atomic mass is 16.7. The number of fused-ring (bicyclic) bond motifs is 2. The average Bonchev–Trinajstić information content (AvgIpc) is 3.49. The van der Waals surface area contributed by atoms with Gasteiger partial charge in [-0.3, -0.25) is 4.79 Å². The van der Waals surface area contributed by atoms with E-state index in [1.165, 1.54) is 6.92 Å². The molecule has 8 N–H and O–H groups in total. The number of carbonyl (C=O) groups is 1. The molecule has 5 saturated carbocycles. The van der Waals surface area contributed by atoms with Crippen LogP contribution in [0.25, 0.3) is 0 Å². The highest BCUT2D eigenvalue weighted by Gasteiger charge is 2.85. The van der Waals surface area contributed by atoms with E-state index in [1.807, 2.05) is 0 Å². The third-order valence-electron chi connectivity index (χ3n) is 17.9. The number of aliphatic hydroxyl groups is 8. The summed E-state index contributed by atoms with van der Waals surface area (Å²) < 4.78 is 37.4. The van der Waals surface area contributed by atoms with E-state index >= 15 is 0 Å². The molecule has 332 valence electrons. The van der Waals surface area contributed by atoms with Crippen molar-refractivity contribution < 1.29 is 74.1 Å². The SMILES string of the molecule is CC(=O)OC1C(O)COC(O[C@H]2CCC34CC35CC[C@]3(C)C([C@@]6(C)CCC(C(C)(C)O)O6)[C@@H](O)C[C@@]3(C)C5C[C@H](OC3OC(CO)C(O)C(O)C3O)C4C2(C)C)C1O. The van der Waals surface area contributed by atoms with Crippen molar-refractivity contribution in [2.24, 2.45) is 44.8 Å². The van der Waals surface area contributed by atoms with E-state index in [0.717, 1.165) is 32.1 Å². The fourth-order valence-electron chi connectivity index (χ4n) is 15.2. The molecule has 0 radical (unpaired) electrons. The summed E-state index contributed by atoms with van der Waals surface area (Å²) in [6.45, 7) is 15.0. The molecular weight excluding hydrogens is 756 g/mol. The van der Waals surface area contributed by atoms with Crippen molar-refractivity contribution in [1.29, 1.82) is 0 Å². The molecule has 0 aromatic rings. The molecule has 0 aromatic carbocycles. The van der Waals surface area contributed by atoms with Crippen LogP contribution in [-0.4, -0.2) is 151 Å². The van der Waals surface area contributed by atoms with Crippen LogP contribution in [0, 0.1) is 44.8 Å². The van der Waals surface area contributed by atoms with Crippen molar-refractivity contribution in [3.63, 3.8) is 0 Å². The van der Waals surface area contributed by atoms with Gasteiger partial charge in [0.05, 0.1) is 48.8 Å². The smallest absolute Gasteiger partial charge is 0.303 e. The monoisotopic (exact) mass is 826 g/mol. The van der Waals surface area contributed by atoms with E-state index in [-0.39, 0.29) is 52.1 Å². The van der Waals surface area contributed by atoms with Crippen LogP contribution in [0.5, 0.6) is 0 Å². The van der Waals surface area contributed by atoms with Gasteiger partial charge >= 0.3 is 5.97 Å². The second-order valence-electron chi connectivity index (χ2n) is 21.6. The second kappa shape index (κ2) is 14.2. The lowest BCUT2D eigenvalue weighted by Gasteiger charge is -2.65. The van der Waals surface area contributed by atoms with Gasteiger partial charge in [-0.2, -0.15) is 0 Å². The summed E-state index contributed by atoms with van der Waals surface area (Å²) in [5.74, 6) is -0.920. The largest absolute Gasteiger partial charge is 0.457 e. The summed E-state index contributed by atoms with van der Waals surface area (Å²) in [7, 11) is 0. The standard InChI is InChI=1S/C43H70O15/c1-20(45)54-32-22(47)18-53-35(31(32)51)57-26-10-12-43-19-42(43)14-13-39(6)33(41(8)11-9-27(58-41)38(4,5)52)21(46)16-40(39,7)25(42)15-23(34(43)37(26,2)3)55-36-30(50)29(49)28(48)24(17-44)56-36/h21-36,44,46-52H,9-19H2,1-8H3/t21-,22?,23-,24?,25?,26-,27?,28?,29?,30?,31?,32?,33?,34?,35?,36?,39+,40-,41+,42?,43?/m0/s1. The Morgan fingerprint density at radius 1 is 0.793 bits per heavy atom. The van der Waals surface area contributed by atoms with Crippen molar-refractivity contribution in [2.75, 3.05) is 13.2 Å². The molecule has 3 aliphatic heterocycles. The first kappa shape index (κ1) is 43.6. The molecule has 0 amide bonds. The summed E-state index contributed by atoms with van der Waals surface area (Å²) in [5, 5.41) is 87.8. The minimum Gasteiger partial charge on any atom is -0.457 e. The Labute approximate surface area is 341 Å². The van der Waals surface area contributed by atoms with Gasteiger partial charge in [0.1, 0.15) is 36.6 Å². The topological polar surface area (TPSA) is 234 Å². The predicted octanol–water partition coefficient (Wildman–Crippen LogP) is 1.29. The van der Waals surface area contributed by atoms with E-state index in [2.05, 4.69) is 34.6 Å². The van der Waals surface area contributed by atoms with E-state index in [0.29, 0.717) is 25.7 Å². The first-order valence-electron chi connectivity index (χ1n) is 21.8. The molecule has 0 aromatic heterocycles. The highest BCUT2D eigenvalue weighted by Crippen LogP contribution is 2.89. The van der Waals surface area contributed by atoms with E-state index in [9.17, 15) is 45.6 Å². The van der Waals surface area contributed by atoms with E-state index < -0.39 is 103 Å². The number of aliphatic hydroxyl groups excluding tert-OH is 7. The Morgan fingerprint density at radius 2 is 1.50 bits per heavy atom. The highest BCUT2D eigenvalue weighted by molar-refractivity contribution is 5.66. The molecule has 3 saturated heterocycles. The summed E-state index contributed by atoms with van der Waals surface area (Å²) >= 11 is 0. The Hall–Kier alpha value is -1.05. The van der Waals surface area contributed by atoms with Crippen LogP contribution < -0.4 is 0 Å². The Morgan fingerprint density at radius 3 is 2.14 bits per heavy atom. The number of ether oxygens (including phenoxy) is 6.